The fourth-order valence-corrected chi connectivity index (χ4v) is 3.52. The van der Waals surface area contributed by atoms with E-state index in [2.05, 4.69) is 56.3 Å². The van der Waals surface area contributed by atoms with E-state index in [1.54, 1.807) is 0 Å². The van der Waals surface area contributed by atoms with Crippen LogP contribution in [0.1, 0.15) is 35.6 Å². The van der Waals surface area contributed by atoms with Crippen LogP contribution in [0.15, 0.2) is 48.9 Å². The summed E-state index contributed by atoms with van der Waals surface area (Å²) < 4.78 is 0. The highest BCUT2D eigenvalue weighted by atomic mass is 15.1. The normalized spacial score (nSPS) is 16.2. The molecule has 0 bridgehead atoms. The van der Waals surface area contributed by atoms with Crippen LogP contribution in [-0.4, -0.2) is 38.2 Å². The summed E-state index contributed by atoms with van der Waals surface area (Å²) in [4.78, 5) is 11.6. The van der Waals surface area contributed by atoms with Gasteiger partial charge in [-0.05, 0) is 45.0 Å². The molecule has 0 spiro atoms. The summed E-state index contributed by atoms with van der Waals surface area (Å²) in [7, 11) is 0. The lowest BCUT2D eigenvalue weighted by Crippen LogP contribution is -2.32. The molecule has 1 aliphatic rings. The lowest BCUT2D eigenvalue weighted by Gasteiger charge is -2.31. The Bertz CT molecular complexity index is 802. The molecule has 0 aliphatic carbocycles. The highest BCUT2D eigenvalue weighted by molar-refractivity contribution is 5.55. The molecule has 5 heteroatoms. The van der Waals surface area contributed by atoms with Crippen molar-refractivity contribution in [3.05, 3.63) is 65.7 Å². The summed E-state index contributed by atoms with van der Waals surface area (Å²) in [5.74, 6) is 1.41. The van der Waals surface area contributed by atoms with Gasteiger partial charge in [-0.25, -0.2) is 9.97 Å². The van der Waals surface area contributed by atoms with Crippen molar-refractivity contribution >= 4 is 0 Å². The van der Waals surface area contributed by atoms with Crippen LogP contribution in [0.5, 0.6) is 0 Å². The smallest absolute Gasteiger partial charge is 0.159 e. The summed E-state index contributed by atoms with van der Waals surface area (Å²) in [5.41, 5.74) is 4.75. The molecular formula is C20H23N5. The maximum absolute atomic E-state index is 4.56. The van der Waals surface area contributed by atoms with E-state index in [4.69, 9.17) is 0 Å². The molecule has 1 aliphatic heterocycles. The zero-order chi connectivity index (χ0) is 17.1. The summed E-state index contributed by atoms with van der Waals surface area (Å²) in [6.45, 7) is 5.21. The minimum absolute atomic E-state index is 0.610. The van der Waals surface area contributed by atoms with Crippen molar-refractivity contribution in [1.29, 1.82) is 0 Å². The number of hydrogen-bond donors (Lipinski definition) is 1. The molecule has 3 heterocycles. The number of H-pyrrole nitrogens is 1. The van der Waals surface area contributed by atoms with Crippen LogP contribution in [0.25, 0.3) is 11.4 Å². The number of rotatable bonds is 4. The first kappa shape index (κ1) is 16.0. The first-order valence-electron chi connectivity index (χ1n) is 8.87. The Balaban J connectivity index is 1.36. The largest absolute Gasteiger partial charge is 0.299 e. The number of hydrogen-bond acceptors (Lipinski definition) is 4. The number of aromatic amines is 1. The van der Waals surface area contributed by atoms with E-state index in [0.717, 1.165) is 31.0 Å². The van der Waals surface area contributed by atoms with Gasteiger partial charge in [0.2, 0.25) is 0 Å². The van der Waals surface area contributed by atoms with E-state index in [1.165, 1.54) is 29.7 Å². The molecule has 1 saturated heterocycles. The molecule has 2 aromatic heterocycles. The molecule has 128 valence electrons. The molecule has 0 amide bonds. The zero-order valence-electron chi connectivity index (χ0n) is 14.5. The minimum atomic E-state index is 0.610. The Kier molecular flexibility index (Phi) is 4.57. The van der Waals surface area contributed by atoms with Crippen molar-refractivity contribution < 1.29 is 0 Å². The van der Waals surface area contributed by atoms with Crippen LogP contribution < -0.4 is 0 Å². The lowest BCUT2D eigenvalue weighted by atomic mass is 9.93. The van der Waals surface area contributed by atoms with Gasteiger partial charge in [0.15, 0.2) is 5.82 Å². The SMILES string of the molecule is Cc1cccc(-c2ncc(CN3CCC(c4ccn[nH]4)CC3)cn2)c1. The molecule has 1 aromatic carbocycles. The Morgan fingerprint density at radius 2 is 1.92 bits per heavy atom. The van der Waals surface area contributed by atoms with E-state index in [9.17, 15) is 0 Å². The topological polar surface area (TPSA) is 57.7 Å². The average molecular weight is 333 g/mol. The van der Waals surface area contributed by atoms with Gasteiger partial charge in [-0.2, -0.15) is 5.10 Å². The van der Waals surface area contributed by atoms with E-state index in [1.807, 2.05) is 24.7 Å². The first-order chi connectivity index (χ1) is 12.3. The van der Waals surface area contributed by atoms with Crippen LogP contribution >= 0.6 is 0 Å². The maximum Gasteiger partial charge on any atom is 0.159 e. The highest BCUT2D eigenvalue weighted by Crippen LogP contribution is 2.27. The summed E-state index contributed by atoms with van der Waals surface area (Å²) >= 11 is 0. The predicted molar refractivity (Wildman–Crippen MR) is 98.0 cm³/mol. The van der Waals surface area contributed by atoms with Crippen molar-refractivity contribution in [2.24, 2.45) is 0 Å². The first-order valence-corrected chi connectivity index (χ1v) is 8.87. The van der Waals surface area contributed by atoms with Gasteiger partial charge in [0, 0.05) is 47.9 Å². The summed E-state index contributed by atoms with van der Waals surface area (Å²) in [5, 5.41) is 7.18. The van der Waals surface area contributed by atoms with Crippen molar-refractivity contribution in [3.63, 3.8) is 0 Å². The molecule has 0 unspecified atom stereocenters. The number of likely N-dealkylation sites (tertiary alicyclic amines) is 1. The Labute approximate surface area is 148 Å². The fraction of sp³-hybridized carbons (Fsp3) is 0.350. The lowest BCUT2D eigenvalue weighted by molar-refractivity contribution is 0.203. The zero-order valence-corrected chi connectivity index (χ0v) is 14.5. The Morgan fingerprint density at radius 3 is 2.60 bits per heavy atom. The molecule has 0 saturated carbocycles. The quantitative estimate of drug-likeness (QED) is 0.793. The third-order valence-electron chi connectivity index (χ3n) is 4.94. The van der Waals surface area contributed by atoms with Crippen molar-refractivity contribution in [1.82, 2.24) is 25.1 Å². The van der Waals surface area contributed by atoms with Gasteiger partial charge >= 0.3 is 0 Å². The Hall–Kier alpha value is -2.53. The third-order valence-corrected chi connectivity index (χ3v) is 4.94. The molecule has 0 atom stereocenters. The predicted octanol–water partition coefficient (Wildman–Crippen LogP) is 3.55. The second-order valence-corrected chi connectivity index (χ2v) is 6.85. The van der Waals surface area contributed by atoms with E-state index >= 15 is 0 Å². The Morgan fingerprint density at radius 1 is 1.12 bits per heavy atom. The van der Waals surface area contributed by atoms with Gasteiger partial charge in [0.1, 0.15) is 0 Å². The molecule has 5 nitrogen and oxygen atoms in total. The second-order valence-electron chi connectivity index (χ2n) is 6.85. The number of benzene rings is 1. The van der Waals surface area contributed by atoms with Crippen molar-refractivity contribution in [2.45, 2.75) is 32.2 Å². The fourth-order valence-electron chi connectivity index (χ4n) is 3.52. The summed E-state index contributed by atoms with van der Waals surface area (Å²) in [6.07, 6.45) is 8.11. The van der Waals surface area contributed by atoms with E-state index in [0.29, 0.717) is 5.92 Å². The molecule has 3 aromatic rings. The van der Waals surface area contributed by atoms with Crippen molar-refractivity contribution in [3.8, 4) is 11.4 Å². The van der Waals surface area contributed by atoms with Crippen LogP contribution in [-0.2, 0) is 6.54 Å². The van der Waals surface area contributed by atoms with Crippen LogP contribution in [0, 0.1) is 6.92 Å². The van der Waals surface area contributed by atoms with Gasteiger partial charge in [-0.1, -0.05) is 23.8 Å². The molecule has 0 radical (unpaired) electrons. The van der Waals surface area contributed by atoms with E-state index in [-0.39, 0.29) is 0 Å². The maximum atomic E-state index is 4.56. The number of nitrogens with zero attached hydrogens (tertiary/aromatic N) is 4. The van der Waals surface area contributed by atoms with E-state index < -0.39 is 0 Å². The van der Waals surface area contributed by atoms with Gasteiger partial charge in [-0.3, -0.25) is 10.00 Å². The third kappa shape index (κ3) is 3.77. The molecule has 1 N–H and O–H groups in total. The van der Waals surface area contributed by atoms with Gasteiger partial charge in [0.05, 0.1) is 0 Å². The standard InChI is InChI=1S/C20H23N5/c1-15-3-2-4-18(11-15)20-21-12-16(13-22-20)14-25-9-6-17(7-10-25)19-5-8-23-24-19/h2-5,8,11-13,17H,6-7,9-10,14H2,1H3,(H,23,24). The second kappa shape index (κ2) is 7.15. The minimum Gasteiger partial charge on any atom is -0.299 e. The molecule has 1 fully saturated rings. The van der Waals surface area contributed by atoms with Crippen LogP contribution in [0.4, 0.5) is 0 Å². The van der Waals surface area contributed by atoms with Gasteiger partial charge in [-0.15, -0.1) is 0 Å². The number of aryl methyl sites for hydroxylation is 1. The van der Waals surface area contributed by atoms with Crippen LogP contribution in [0.3, 0.4) is 0 Å². The van der Waals surface area contributed by atoms with Gasteiger partial charge in [0.25, 0.3) is 0 Å². The monoisotopic (exact) mass is 333 g/mol. The average Bonchev–Trinajstić information content (AvgIpc) is 3.18. The van der Waals surface area contributed by atoms with Crippen LogP contribution in [0.2, 0.25) is 0 Å². The molecular weight excluding hydrogens is 310 g/mol. The summed E-state index contributed by atoms with van der Waals surface area (Å²) in [6, 6.07) is 10.4. The number of nitrogens with one attached hydrogen (secondary N) is 1. The number of piperidine rings is 1. The molecule has 4 rings (SSSR count). The number of aromatic nitrogens is 4. The molecule has 25 heavy (non-hydrogen) atoms. The van der Waals surface area contributed by atoms with Gasteiger partial charge < -0.3 is 0 Å². The highest BCUT2D eigenvalue weighted by Gasteiger charge is 2.21. The van der Waals surface area contributed by atoms with Crippen molar-refractivity contribution in [2.75, 3.05) is 13.1 Å².